The van der Waals surface area contributed by atoms with Crippen LogP contribution in [0, 0.1) is 5.82 Å². The molecular formula is C10H11FN2O. The Morgan fingerprint density at radius 3 is 3.07 bits per heavy atom. The highest BCUT2D eigenvalue weighted by molar-refractivity contribution is 6.01. The molecule has 1 atom stereocenters. The van der Waals surface area contributed by atoms with Crippen molar-refractivity contribution in [2.24, 2.45) is 10.9 Å². The average molecular weight is 194 g/mol. The molecule has 4 heteroatoms. The fraction of sp³-hybridized carbons (Fsp3) is 0.300. The molecule has 0 aromatic heterocycles. The second-order valence-corrected chi connectivity index (χ2v) is 3.22. The zero-order valence-corrected chi connectivity index (χ0v) is 7.61. The van der Waals surface area contributed by atoms with E-state index in [9.17, 15) is 4.39 Å². The summed E-state index contributed by atoms with van der Waals surface area (Å²) in [7, 11) is 0. The van der Waals surface area contributed by atoms with Gasteiger partial charge in [0.15, 0.2) is 0 Å². The molecule has 0 amide bonds. The Morgan fingerprint density at radius 1 is 1.57 bits per heavy atom. The molecule has 1 aromatic rings. The smallest absolute Gasteiger partial charge is 0.145 e. The van der Waals surface area contributed by atoms with E-state index in [1.165, 1.54) is 12.1 Å². The van der Waals surface area contributed by atoms with E-state index in [0.717, 1.165) is 11.3 Å². The lowest BCUT2D eigenvalue weighted by Gasteiger charge is -2.02. The van der Waals surface area contributed by atoms with Crippen LogP contribution in [0.25, 0.3) is 0 Å². The van der Waals surface area contributed by atoms with Gasteiger partial charge < -0.3 is 10.6 Å². The Bertz CT molecular complexity index is 365. The molecule has 3 nitrogen and oxygen atoms in total. The summed E-state index contributed by atoms with van der Waals surface area (Å²) >= 11 is 0. The van der Waals surface area contributed by atoms with E-state index in [4.69, 9.17) is 10.6 Å². The third-order valence-corrected chi connectivity index (χ3v) is 2.15. The van der Waals surface area contributed by atoms with Gasteiger partial charge >= 0.3 is 0 Å². The van der Waals surface area contributed by atoms with Gasteiger partial charge in [0.25, 0.3) is 0 Å². The van der Waals surface area contributed by atoms with E-state index in [1.807, 2.05) is 6.07 Å². The maximum atomic E-state index is 12.9. The lowest BCUT2D eigenvalue weighted by Crippen LogP contribution is -2.20. The molecular weight excluding hydrogens is 183 g/mol. The topological polar surface area (TPSA) is 47.6 Å². The van der Waals surface area contributed by atoms with Crippen molar-refractivity contribution in [3.63, 3.8) is 0 Å². The number of rotatable bonds is 2. The minimum Gasteiger partial charge on any atom is -0.390 e. The molecule has 14 heavy (non-hydrogen) atoms. The summed E-state index contributed by atoms with van der Waals surface area (Å²) in [5, 5.41) is 3.87. The van der Waals surface area contributed by atoms with E-state index < -0.39 is 0 Å². The molecule has 1 heterocycles. The third kappa shape index (κ3) is 1.75. The summed E-state index contributed by atoms with van der Waals surface area (Å²) in [6.07, 6.45) is 0.591. The fourth-order valence-corrected chi connectivity index (χ4v) is 1.39. The van der Waals surface area contributed by atoms with Gasteiger partial charge in [0.05, 0.1) is 5.71 Å². The molecule has 0 saturated carbocycles. The number of oxime groups is 1. The van der Waals surface area contributed by atoms with Crippen molar-refractivity contribution in [2.75, 3.05) is 6.54 Å². The molecule has 0 aliphatic carbocycles. The van der Waals surface area contributed by atoms with Gasteiger partial charge in [-0.25, -0.2) is 4.39 Å². The predicted molar refractivity (Wildman–Crippen MR) is 51.5 cm³/mol. The first-order chi connectivity index (χ1) is 6.79. The number of hydrogen-bond donors (Lipinski definition) is 1. The van der Waals surface area contributed by atoms with Crippen LogP contribution in [0.1, 0.15) is 12.0 Å². The summed E-state index contributed by atoms with van der Waals surface area (Å²) in [5.41, 5.74) is 6.96. The maximum Gasteiger partial charge on any atom is 0.145 e. The van der Waals surface area contributed by atoms with E-state index in [-0.39, 0.29) is 11.9 Å². The van der Waals surface area contributed by atoms with Crippen molar-refractivity contribution in [3.05, 3.63) is 35.6 Å². The maximum absolute atomic E-state index is 12.9. The summed E-state index contributed by atoms with van der Waals surface area (Å²) in [6, 6.07) is 6.31. The molecule has 0 bridgehead atoms. The van der Waals surface area contributed by atoms with Gasteiger partial charge in [-0.1, -0.05) is 17.3 Å². The van der Waals surface area contributed by atoms with Crippen molar-refractivity contribution >= 4 is 5.71 Å². The first kappa shape index (κ1) is 9.15. The molecule has 0 fully saturated rings. The van der Waals surface area contributed by atoms with Crippen LogP contribution >= 0.6 is 0 Å². The number of nitrogens with zero attached hydrogens (tertiary/aromatic N) is 1. The Kier molecular flexibility index (Phi) is 2.45. The number of hydrogen-bond acceptors (Lipinski definition) is 3. The quantitative estimate of drug-likeness (QED) is 0.770. The Balaban J connectivity index is 2.17. The monoisotopic (exact) mass is 194 g/mol. The van der Waals surface area contributed by atoms with Gasteiger partial charge in [-0.3, -0.25) is 0 Å². The van der Waals surface area contributed by atoms with Gasteiger partial charge in [-0.2, -0.15) is 0 Å². The van der Waals surface area contributed by atoms with Gasteiger partial charge in [-0.05, 0) is 12.1 Å². The molecule has 0 unspecified atom stereocenters. The van der Waals surface area contributed by atoms with Crippen molar-refractivity contribution in [1.29, 1.82) is 0 Å². The summed E-state index contributed by atoms with van der Waals surface area (Å²) in [6.45, 7) is 0.433. The first-order valence-electron chi connectivity index (χ1n) is 4.48. The molecule has 1 aromatic carbocycles. The normalized spacial score (nSPS) is 20.4. The van der Waals surface area contributed by atoms with Crippen molar-refractivity contribution in [3.8, 4) is 0 Å². The Hall–Kier alpha value is -1.42. The second-order valence-electron chi connectivity index (χ2n) is 3.22. The number of benzene rings is 1. The van der Waals surface area contributed by atoms with Gasteiger partial charge in [0, 0.05) is 18.5 Å². The van der Waals surface area contributed by atoms with Crippen LogP contribution in [0.15, 0.2) is 29.4 Å². The Morgan fingerprint density at radius 2 is 2.43 bits per heavy atom. The van der Waals surface area contributed by atoms with Crippen LogP contribution in [-0.4, -0.2) is 18.4 Å². The second kappa shape index (κ2) is 3.75. The highest BCUT2D eigenvalue weighted by Gasteiger charge is 2.20. The van der Waals surface area contributed by atoms with Crippen LogP contribution in [0.5, 0.6) is 0 Å². The third-order valence-electron chi connectivity index (χ3n) is 2.15. The molecule has 0 saturated heterocycles. The number of nitrogens with two attached hydrogens (primary N) is 1. The summed E-state index contributed by atoms with van der Waals surface area (Å²) in [5.74, 6) is -0.263. The largest absolute Gasteiger partial charge is 0.390 e. The van der Waals surface area contributed by atoms with Crippen molar-refractivity contribution in [2.45, 2.75) is 12.5 Å². The van der Waals surface area contributed by atoms with E-state index in [2.05, 4.69) is 5.16 Å². The van der Waals surface area contributed by atoms with Crippen LogP contribution in [-0.2, 0) is 4.84 Å². The fourth-order valence-electron chi connectivity index (χ4n) is 1.39. The van der Waals surface area contributed by atoms with E-state index >= 15 is 0 Å². The minimum atomic E-state index is -0.263. The Labute approximate surface area is 81.4 Å². The van der Waals surface area contributed by atoms with Gasteiger partial charge in [0.2, 0.25) is 0 Å². The average Bonchev–Trinajstić information content (AvgIpc) is 2.66. The molecule has 2 rings (SSSR count). The molecule has 74 valence electrons. The van der Waals surface area contributed by atoms with Gasteiger partial charge in [0.1, 0.15) is 11.9 Å². The van der Waals surface area contributed by atoms with E-state index in [0.29, 0.717) is 13.0 Å². The lowest BCUT2D eigenvalue weighted by atomic mass is 10.1. The molecule has 1 aliphatic rings. The van der Waals surface area contributed by atoms with Gasteiger partial charge in [-0.15, -0.1) is 0 Å². The number of halogens is 1. The minimum absolute atomic E-state index is 0.0618. The van der Waals surface area contributed by atoms with Crippen LogP contribution in [0.3, 0.4) is 0 Å². The van der Waals surface area contributed by atoms with Crippen LogP contribution in [0.2, 0.25) is 0 Å². The predicted octanol–water partition coefficient (Wildman–Crippen LogP) is 1.28. The van der Waals surface area contributed by atoms with Crippen molar-refractivity contribution < 1.29 is 9.23 Å². The standard InChI is InChI=1S/C10H11FN2O/c11-8-3-1-2-7(4-8)10-5-9(6-12)14-13-10/h1-4,9H,5-6,12H2/t9-/m0/s1. The molecule has 0 spiro atoms. The van der Waals surface area contributed by atoms with E-state index in [1.54, 1.807) is 6.07 Å². The summed E-state index contributed by atoms with van der Waals surface area (Å²) in [4.78, 5) is 5.05. The van der Waals surface area contributed by atoms with Crippen LogP contribution < -0.4 is 5.73 Å². The van der Waals surface area contributed by atoms with Crippen LogP contribution in [0.4, 0.5) is 4.39 Å². The molecule has 2 N–H and O–H groups in total. The molecule has 1 aliphatic heterocycles. The first-order valence-corrected chi connectivity index (χ1v) is 4.48. The summed E-state index contributed by atoms with van der Waals surface area (Å²) < 4.78 is 12.9. The highest BCUT2D eigenvalue weighted by Crippen LogP contribution is 2.16. The highest BCUT2D eigenvalue weighted by atomic mass is 19.1. The lowest BCUT2D eigenvalue weighted by molar-refractivity contribution is 0.0918. The zero-order valence-electron chi connectivity index (χ0n) is 7.61. The van der Waals surface area contributed by atoms with Crippen molar-refractivity contribution in [1.82, 2.24) is 0 Å². The molecule has 0 radical (unpaired) electrons. The SMILES string of the molecule is NC[C@@H]1CC(c2cccc(F)c2)=NO1. The zero-order chi connectivity index (χ0) is 9.97.